The summed E-state index contributed by atoms with van der Waals surface area (Å²) in [6.07, 6.45) is 1.00. The van der Waals surface area contributed by atoms with Crippen molar-refractivity contribution in [2.24, 2.45) is 5.10 Å². The molecule has 3 aromatic carbocycles. The monoisotopic (exact) mass is 396 g/mol. The van der Waals surface area contributed by atoms with Crippen LogP contribution in [-0.4, -0.2) is 16.6 Å². The van der Waals surface area contributed by atoms with Gasteiger partial charge in [0.2, 0.25) is 5.91 Å². The molecule has 0 radical (unpaired) electrons. The maximum absolute atomic E-state index is 12.5. The van der Waals surface area contributed by atoms with Crippen molar-refractivity contribution in [2.45, 2.75) is 25.8 Å². The van der Waals surface area contributed by atoms with Gasteiger partial charge in [-0.2, -0.15) is 5.10 Å². The molecule has 1 amide bonds. The van der Waals surface area contributed by atoms with E-state index < -0.39 is 0 Å². The van der Waals surface area contributed by atoms with Crippen LogP contribution in [0.3, 0.4) is 0 Å². The Morgan fingerprint density at radius 3 is 2.59 bits per heavy atom. The van der Waals surface area contributed by atoms with Crippen LogP contribution in [0.1, 0.15) is 36.9 Å². The van der Waals surface area contributed by atoms with Crippen molar-refractivity contribution in [3.63, 3.8) is 0 Å². The Balaban J connectivity index is 1.74. The summed E-state index contributed by atoms with van der Waals surface area (Å²) in [4.78, 5) is 12.5. The summed E-state index contributed by atoms with van der Waals surface area (Å²) in [6, 6.07) is 19.6. The van der Waals surface area contributed by atoms with Crippen LogP contribution in [0.4, 0.5) is 0 Å². The molecule has 0 spiro atoms. The average Bonchev–Trinajstić information content (AvgIpc) is 3.12. The van der Waals surface area contributed by atoms with Gasteiger partial charge in [-0.25, -0.2) is 5.01 Å². The van der Waals surface area contributed by atoms with E-state index in [-0.39, 0.29) is 11.9 Å². The molecule has 0 unspecified atom stereocenters. The molecule has 1 atom stereocenters. The van der Waals surface area contributed by atoms with Gasteiger partial charge in [-0.1, -0.05) is 72.6 Å². The van der Waals surface area contributed by atoms with Gasteiger partial charge in [0.25, 0.3) is 0 Å². The van der Waals surface area contributed by atoms with E-state index >= 15 is 0 Å². The minimum Gasteiger partial charge on any atom is -0.273 e. The lowest BCUT2D eigenvalue weighted by Gasteiger charge is -2.22. The number of rotatable bonds is 3. The molecule has 0 saturated carbocycles. The molecule has 1 aliphatic heterocycles. The number of hydrogen-bond donors (Lipinski definition) is 0. The third-order valence-corrected chi connectivity index (χ3v) is 5.43. The smallest absolute Gasteiger partial charge is 0.242 e. The first-order chi connectivity index (χ1) is 13.1. The summed E-state index contributed by atoms with van der Waals surface area (Å²) < 4.78 is 0. The van der Waals surface area contributed by atoms with Crippen molar-refractivity contribution in [2.75, 3.05) is 0 Å². The highest BCUT2D eigenvalue weighted by Gasteiger charge is 2.33. The van der Waals surface area contributed by atoms with Gasteiger partial charge in [0.15, 0.2) is 0 Å². The second kappa shape index (κ2) is 7.34. The predicted molar refractivity (Wildman–Crippen MR) is 111 cm³/mol. The van der Waals surface area contributed by atoms with E-state index in [1.54, 1.807) is 17.1 Å². The summed E-state index contributed by atoms with van der Waals surface area (Å²) >= 11 is 12.5. The zero-order valence-corrected chi connectivity index (χ0v) is 16.3. The van der Waals surface area contributed by atoms with Crippen LogP contribution in [-0.2, 0) is 4.79 Å². The van der Waals surface area contributed by atoms with Crippen LogP contribution in [0, 0.1) is 0 Å². The number of nitrogens with zero attached hydrogens (tertiary/aromatic N) is 2. The normalized spacial score (nSPS) is 16.6. The van der Waals surface area contributed by atoms with Gasteiger partial charge >= 0.3 is 0 Å². The Hall–Kier alpha value is -2.36. The second-order valence-corrected chi connectivity index (χ2v) is 7.43. The molecule has 0 fully saturated rings. The van der Waals surface area contributed by atoms with Crippen molar-refractivity contribution < 1.29 is 4.79 Å². The van der Waals surface area contributed by atoms with E-state index in [4.69, 9.17) is 23.2 Å². The van der Waals surface area contributed by atoms with Crippen LogP contribution >= 0.6 is 23.2 Å². The van der Waals surface area contributed by atoms with Gasteiger partial charge in [0, 0.05) is 22.9 Å². The molecule has 4 rings (SSSR count). The third kappa shape index (κ3) is 3.45. The lowest BCUT2D eigenvalue weighted by molar-refractivity contribution is -0.132. The Labute approximate surface area is 168 Å². The fraction of sp³-hybridized carbons (Fsp3) is 0.182. The number of benzene rings is 3. The highest BCUT2D eigenvalue weighted by molar-refractivity contribution is 6.35. The third-order valence-electron chi connectivity index (χ3n) is 4.87. The van der Waals surface area contributed by atoms with E-state index in [2.05, 4.69) is 35.4 Å². The van der Waals surface area contributed by atoms with Crippen LogP contribution in [0.15, 0.2) is 65.8 Å². The Kier molecular flexibility index (Phi) is 4.90. The quantitative estimate of drug-likeness (QED) is 0.515. The molecule has 27 heavy (non-hydrogen) atoms. The number of hydrogen-bond acceptors (Lipinski definition) is 2. The minimum atomic E-state index is -0.219. The molecule has 0 bridgehead atoms. The summed E-state index contributed by atoms with van der Waals surface area (Å²) in [5.41, 5.74) is 2.77. The lowest BCUT2D eigenvalue weighted by Crippen LogP contribution is -2.26. The first-order valence-corrected chi connectivity index (χ1v) is 9.66. The Bertz CT molecular complexity index is 1060. The van der Waals surface area contributed by atoms with Crippen molar-refractivity contribution >= 4 is 45.6 Å². The maximum Gasteiger partial charge on any atom is 0.242 e. The minimum absolute atomic E-state index is 0.0261. The molecule has 0 N–H and O–H groups in total. The average molecular weight is 397 g/mol. The van der Waals surface area contributed by atoms with E-state index in [0.717, 1.165) is 22.2 Å². The molecule has 5 heteroatoms. The topological polar surface area (TPSA) is 32.7 Å². The summed E-state index contributed by atoms with van der Waals surface area (Å²) in [5.74, 6) is -0.0261. The van der Waals surface area contributed by atoms with Gasteiger partial charge in [-0.15, -0.1) is 0 Å². The van der Waals surface area contributed by atoms with Crippen molar-refractivity contribution in [3.05, 3.63) is 81.8 Å². The highest BCUT2D eigenvalue weighted by atomic mass is 35.5. The molecule has 3 aromatic rings. The number of carbonyl (C=O) groups excluding carboxylic acids is 1. The summed E-state index contributed by atoms with van der Waals surface area (Å²) in [7, 11) is 0. The van der Waals surface area contributed by atoms with Gasteiger partial charge < -0.3 is 0 Å². The molecule has 0 saturated heterocycles. The Morgan fingerprint density at radius 2 is 1.85 bits per heavy atom. The van der Waals surface area contributed by atoms with Crippen LogP contribution in [0.25, 0.3) is 10.8 Å². The van der Waals surface area contributed by atoms with Crippen molar-refractivity contribution in [1.29, 1.82) is 0 Å². The number of hydrazone groups is 1. The van der Waals surface area contributed by atoms with Crippen molar-refractivity contribution in [3.8, 4) is 0 Å². The standard InChI is InChI=1S/C22H18Cl2N2O/c1-2-22(27)26-21(18-10-9-17(23)12-19(18)24)13-20(25-26)16-8-7-14-5-3-4-6-15(14)11-16/h3-12,21H,2,13H2,1H3/t21-/m0/s1. The molecule has 136 valence electrons. The summed E-state index contributed by atoms with van der Waals surface area (Å²) in [6.45, 7) is 1.84. The maximum atomic E-state index is 12.5. The van der Waals surface area contributed by atoms with E-state index in [9.17, 15) is 4.79 Å². The first-order valence-electron chi connectivity index (χ1n) is 8.90. The highest BCUT2D eigenvalue weighted by Crippen LogP contribution is 2.38. The fourth-order valence-electron chi connectivity index (χ4n) is 3.46. The fourth-order valence-corrected chi connectivity index (χ4v) is 3.99. The van der Waals surface area contributed by atoms with E-state index in [1.165, 1.54) is 5.39 Å². The zero-order valence-electron chi connectivity index (χ0n) is 14.8. The van der Waals surface area contributed by atoms with Crippen molar-refractivity contribution in [1.82, 2.24) is 5.01 Å². The van der Waals surface area contributed by atoms with Crippen LogP contribution in [0.2, 0.25) is 10.0 Å². The van der Waals surface area contributed by atoms with Gasteiger partial charge in [-0.3, -0.25) is 4.79 Å². The number of amides is 1. The van der Waals surface area contributed by atoms with E-state index in [1.807, 2.05) is 25.1 Å². The molecule has 1 aliphatic rings. The molecular formula is C22H18Cl2N2O. The molecule has 0 aliphatic carbocycles. The molecular weight excluding hydrogens is 379 g/mol. The Morgan fingerprint density at radius 1 is 1.07 bits per heavy atom. The van der Waals surface area contributed by atoms with Gasteiger partial charge in [0.05, 0.1) is 11.8 Å². The number of fused-ring (bicyclic) bond motifs is 1. The van der Waals surface area contributed by atoms with Gasteiger partial charge in [0.1, 0.15) is 0 Å². The lowest BCUT2D eigenvalue weighted by atomic mass is 9.97. The van der Waals surface area contributed by atoms with Crippen LogP contribution in [0.5, 0.6) is 0 Å². The molecule has 3 nitrogen and oxygen atoms in total. The zero-order chi connectivity index (χ0) is 19.0. The molecule has 1 heterocycles. The summed E-state index contributed by atoms with van der Waals surface area (Å²) in [5, 5.41) is 9.69. The van der Waals surface area contributed by atoms with E-state index in [0.29, 0.717) is 22.9 Å². The first kappa shape index (κ1) is 18.0. The number of halogens is 2. The van der Waals surface area contributed by atoms with Crippen LogP contribution < -0.4 is 0 Å². The molecule has 0 aromatic heterocycles. The predicted octanol–water partition coefficient (Wildman–Crippen LogP) is 6.23. The SMILES string of the molecule is CCC(=O)N1N=C(c2ccc3ccccc3c2)C[C@H]1c1ccc(Cl)cc1Cl. The van der Waals surface area contributed by atoms with Gasteiger partial charge in [-0.05, 0) is 40.1 Å². The largest absolute Gasteiger partial charge is 0.273 e. The number of carbonyl (C=O) groups is 1. The second-order valence-electron chi connectivity index (χ2n) is 6.59.